The molecule has 0 spiro atoms. The van der Waals surface area contributed by atoms with Gasteiger partial charge in [-0.2, -0.15) is 0 Å². The quantitative estimate of drug-likeness (QED) is 0.439. The van der Waals surface area contributed by atoms with Crippen molar-refractivity contribution in [3.05, 3.63) is 0 Å². The molecule has 0 aliphatic carbocycles. The molecule has 0 heterocycles. The van der Waals surface area contributed by atoms with Gasteiger partial charge in [-0.3, -0.25) is 0 Å². The van der Waals surface area contributed by atoms with Gasteiger partial charge in [-0.15, -0.1) is 0 Å². The van der Waals surface area contributed by atoms with Gasteiger partial charge < -0.3 is 16.8 Å². The summed E-state index contributed by atoms with van der Waals surface area (Å²) in [4.78, 5) is 0. The van der Waals surface area contributed by atoms with Crippen molar-refractivity contribution in [3.63, 3.8) is 0 Å². The van der Waals surface area contributed by atoms with E-state index in [9.17, 15) is 0 Å². The summed E-state index contributed by atoms with van der Waals surface area (Å²) in [5.41, 5.74) is 10.7. The fourth-order valence-corrected chi connectivity index (χ4v) is 0.287. The molecule has 0 bridgehead atoms. The Balaban J connectivity index is 3.58. The molecule has 8 heavy (non-hydrogen) atoms. The maximum absolute atomic E-state index is 5.39. The van der Waals surface area contributed by atoms with Gasteiger partial charge >= 0.3 is 0 Å². The lowest BCUT2D eigenvalue weighted by atomic mass is 10.0. The zero-order chi connectivity index (χ0) is 6.62. The van der Waals surface area contributed by atoms with Crippen LogP contribution in [0, 0.1) is 0 Å². The molecule has 0 aromatic rings. The van der Waals surface area contributed by atoms with E-state index in [1.54, 1.807) is 0 Å². The van der Waals surface area contributed by atoms with Crippen molar-refractivity contribution < 1.29 is 0 Å². The van der Waals surface area contributed by atoms with Crippen LogP contribution in [0.2, 0.25) is 0 Å². The highest BCUT2D eigenvalue weighted by atomic mass is 15.0. The lowest BCUT2D eigenvalue weighted by Gasteiger charge is -2.24. The Morgan fingerprint density at radius 3 is 1.75 bits per heavy atom. The van der Waals surface area contributed by atoms with Crippen LogP contribution in [-0.4, -0.2) is 25.7 Å². The summed E-state index contributed by atoms with van der Waals surface area (Å²) in [7, 11) is 1.86. The molecular weight excluding hydrogens is 102 g/mol. The van der Waals surface area contributed by atoms with Crippen molar-refractivity contribution in [2.45, 2.75) is 12.5 Å². The van der Waals surface area contributed by atoms with Crippen LogP contribution in [0.15, 0.2) is 0 Å². The maximum atomic E-state index is 5.39. The van der Waals surface area contributed by atoms with Gasteiger partial charge in [0.2, 0.25) is 0 Å². The van der Waals surface area contributed by atoms with Crippen LogP contribution in [0.4, 0.5) is 0 Å². The maximum Gasteiger partial charge on any atom is 0.0396 e. The molecule has 0 saturated carbocycles. The standard InChI is InChI=1S/C5H15N3/c1-5(3-6,4-7)8-2/h8H,3-4,6-7H2,1-2H3. The van der Waals surface area contributed by atoms with Gasteiger partial charge in [-0.05, 0) is 14.0 Å². The van der Waals surface area contributed by atoms with Crippen molar-refractivity contribution in [1.82, 2.24) is 5.32 Å². The minimum absolute atomic E-state index is 0.0694. The highest BCUT2D eigenvalue weighted by Crippen LogP contribution is 1.93. The lowest BCUT2D eigenvalue weighted by Crippen LogP contribution is -2.52. The van der Waals surface area contributed by atoms with E-state index in [1.165, 1.54) is 0 Å². The van der Waals surface area contributed by atoms with E-state index in [4.69, 9.17) is 11.5 Å². The molecule has 0 rings (SSSR count). The third-order valence-corrected chi connectivity index (χ3v) is 1.50. The first-order valence-electron chi connectivity index (χ1n) is 2.77. The van der Waals surface area contributed by atoms with Crippen molar-refractivity contribution in [2.75, 3.05) is 20.1 Å². The molecule has 0 saturated heterocycles. The Labute approximate surface area is 50.4 Å². The third kappa shape index (κ3) is 1.78. The molecule has 0 radical (unpaired) electrons. The predicted octanol–water partition coefficient (Wildman–Crippen LogP) is -1.12. The number of nitrogens with one attached hydrogen (secondary N) is 1. The topological polar surface area (TPSA) is 64.1 Å². The molecule has 0 aromatic heterocycles. The second kappa shape index (κ2) is 3.02. The average Bonchev–Trinajstić information content (AvgIpc) is 1.87. The summed E-state index contributed by atoms with van der Waals surface area (Å²) < 4.78 is 0. The van der Waals surface area contributed by atoms with Crippen molar-refractivity contribution in [2.24, 2.45) is 11.5 Å². The Hall–Kier alpha value is -0.120. The van der Waals surface area contributed by atoms with Crippen LogP contribution in [0.3, 0.4) is 0 Å². The first-order chi connectivity index (χ1) is 3.68. The number of rotatable bonds is 3. The Kier molecular flexibility index (Phi) is 2.97. The Morgan fingerprint density at radius 1 is 1.38 bits per heavy atom. The van der Waals surface area contributed by atoms with E-state index in [0.29, 0.717) is 13.1 Å². The van der Waals surface area contributed by atoms with E-state index < -0.39 is 0 Å². The average molecular weight is 117 g/mol. The highest BCUT2D eigenvalue weighted by molar-refractivity contribution is 4.82. The summed E-state index contributed by atoms with van der Waals surface area (Å²) in [5.74, 6) is 0. The van der Waals surface area contributed by atoms with E-state index in [-0.39, 0.29) is 5.54 Å². The normalized spacial score (nSPS) is 12.0. The van der Waals surface area contributed by atoms with E-state index in [1.807, 2.05) is 14.0 Å². The van der Waals surface area contributed by atoms with Gasteiger partial charge in [0, 0.05) is 18.6 Å². The number of nitrogens with two attached hydrogens (primary N) is 2. The fraction of sp³-hybridized carbons (Fsp3) is 1.00. The third-order valence-electron chi connectivity index (χ3n) is 1.50. The predicted molar refractivity (Wildman–Crippen MR) is 35.6 cm³/mol. The molecule has 3 nitrogen and oxygen atoms in total. The number of hydrogen-bond donors (Lipinski definition) is 3. The summed E-state index contributed by atoms with van der Waals surface area (Å²) >= 11 is 0. The van der Waals surface area contributed by atoms with Crippen molar-refractivity contribution in [1.29, 1.82) is 0 Å². The zero-order valence-corrected chi connectivity index (χ0v) is 5.57. The van der Waals surface area contributed by atoms with Crippen molar-refractivity contribution >= 4 is 0 Å². The largest absolute Gasteiger partial charge is 0.329 e. The molecule has 0 fully saturated rings. The minimum atomic E-state index is -0.0694. The molecule has 0 atom stereocenters. The summed E-state index contributed by atoms with van der Waals surface area (Å²) in [6.45, 7) is 3.16. The number of hydrogen-bond acceptors (Lipinski definition) is 3. The van der Waals surface area contributed by atoms with Gasteiger partial charge in [-0.1, -0.05) is 0 Å². The molecule has 50 valence electrons. The van der Waals surface area contributed by atoms with Crippen LogP contribution in [0.5, 0.6) is 0 Å². The molecule has 3 heteroatoms. The number of likely N-dealkylation sites (N-methyl/N-ethyl adjacent to an activating group) is 1. The first-order valence-corrected chi connectivity index (χ1v) is 2.77. The molecule has 0 aliphatic heterocycles. The molecule has 0 aliphatic rings. The molecule has 0 unspecified atom stereocenters. The van der Waals surface area contributed by atoms with Gasteiger partial charge in [0.15, 0.2) is 0 Å². The van der Waals surface area contributed by atoms with Gasteiger partial charge in [-0.25, -0.2) is 0 Å². The van der Waals surface area contributed by atoms with E-state index in [2.05, 4.69) is 5.32 Å². The smallest absolute Gasteiger partial charge is 0.0396 e. The molecule has 0 amide bonds. The minimum Gasteiger partial charge on any atom is -0.329 e. The highest BCUT2D eigenvalue weighted by Gasteiger charge is 2.15. The summed E-state index contributed by atoms with van der Waals surface area (Å²) in [5, 5.41) is 3.03. The van der Waals surface area contributed by atoms with Crippen LogP contribution in [0.1, 0.15) is 6.92 Å². The Bertz CT molecular complexity index is 50.4. The van der Waals surface area contributed by atoms with E-state index >= 15 is 0 Å². The van der Waals surface area contributed by atoms with Gasteiger partial charge in [0.1, 0.15) is 0 Å². The summed E-state index contributed by atoms with van der Waals surface area (Å²) in [6, 6.07) is 0. The monoisotopic (exact) mass is 117 g/mol. The van der Waals surface area contributed by atoms with Crippen LogP contribution in [0.25, 0.3) is 0 Å². The first kappa shape index (κ1) is 7.88. The molecule has 0 aromatic carbocycles. The second-order valence-electron chi connectivity index (χ2n) is 2.22. The SMILES string of the molecule is CNC(C)(CN)CN. The van der Waals surface area contributed by atoms with E-state index in [0.717, 1.165) is 0 Å². The fourth-order valence-electron chi connectivity index (χ4n) is 0.287. The molecular formula is C5H15N3. The molecule has 5 N–H and O–H groups in total. The van der Waals surface area contributed by atoms with Crippen LogP contribution in [-0.2, 0) is 0 Å². The second-order valence-corrected chi connectivity index (χ2v) is 2.22. The lowest BCUT2D eigenvalue weighted by molar-refractivity contribution is 0.406. The van der Waals surface area contributed by atoms with Gasteiger partial charge in [0.05, 0.1) is 0 Å². The Morgan fingerprint density at radius 2 is 1.75 bits per heavy atom. The van der Waals surface area contributed by atoms with Gasteiger partial charge in [0.25, 0.3) is 0 Å². The van der Waals surface area contributed by atoms with Crippen molar-refractivity contribution in [3.8, 4) is 0 Å². The van der Waals surface area contributed by atoms with Crippen LogP contribution >= 0.6 is 0 Å². The zero-order valence-electron chi connectivity index (χ0n) is 5.57. The summed E-state index contributed by atoms with van der Waals surface area (Å²) in [6.07, 6.45) is 0. The van der Waals surface area contributed by atoms with Crippen LogP contribution < -0.4 is 16.8 Å².